The monoisotopic (exact) mass is 274 g/mol. The first-order valence-electron chi connectivity index (χ1n) is 4.93. The molecular weight excluding hydrogens is 262 g/mol. The molecule has 0 unspecified atom stereocenters. The van der Waals surface area contributed by atoms with Crippen LogP contribution in [0, 0.1) is 10.8 Å². The fraction of sp³-hybridized carbons (Fsp3) is 0.800. The molecule has 3 aliphatic heterocycles. The summed E-state index contributed by atoms with van der Waals surface area (Å²) in [5, 5.41) is 0. The van der Waals surface area contributed by atoms with Crippen LogP contribution in [0.1, 0.15) is 26.7 Å². The van der Waals surface area contributed by atoms with Crippen LogP contribution in [-0.2, 0) is 19.1 Å². The van der Waals surface area contributed by atoms with Crippen LogP contribution in [0.5, 0.6) is 0 Å². The second-order valence-electron chi connectivity index (χ2n) is 4.77. The van der Waals surface area contributed by atoms with Crippen LogP contribution in [0.15, 0.2) is 0 Å². The van der Waals surface area contributed by atoms with Crippen molar-refractivity contribution < 1.29 is 122 Å². The van der Waals surface area contributed by atoms with Crippen LogP contribution >= 0.6 is 0 Å². The van der Waals surface area contributed by atoms with Gasteiger partial charge in [0.05, 0.1) is 12.2 Å². The van der Waals surface area contributed by atoms with Gasteiger partial charge in [0.25, 0.3) is 0 Å². The third-order valence-electron chi connectivity index (χ3n) is 4.42. The number of rotatable bonds is 0. The van der Waals surface area contributed by atoms with Crippen molar-refractivity contribution >= 4 is 11.9 Å². The van der Waals surface area contributed by atoms with E-state index < -0.39 is 22.8 Å². The maximum Gasteiger partial charge on any atom is 1.00 e. The van der Waals surface area contributed by atoms with E-state index in [0.29, 0.717) is 0 Å². The van der Waals surface area contributed by atoms with Gasteiger partial charge < -0.3 is 9.47 Å². The van der Waals surface area contributed by atoms with E-state index >= 15 is 0 Å². The fourth-order valence-corrected chi connectivity index (χ4v) is 3.14. The summed E-state index contributed by atoms with van der Waals surface area (Å²) in [6, 6.07) is 0. The Morgan fingerprint density at radius 3 is 1.75 bits per heavy atom. The molecule has 3 saturated heterocycles. The summed E-state index contributed by atoms with van der Waals surface area (Å²) in [5.74, 6) is -0.811. The zero-order valence-electron chi connectivity index (χ0n) is 10.2. The molecular formula is C10H12K2O4+2. The molecule has 0 amide bonds. The Labute approximate surface area is 179 Å². The molecule has 0 aromatic carbocycles. The predicted molar refractivity (Wildman–Crippen MR) is 45.2 cm³/mol. The SMILES string of the molecule is C[C@@]12C(=O)OC(=O)[C@]1(C)[C@@H]1CC[C@H]2O1.[K+].[K+]. The minimum absolute atomic E-state index is 0. The van der Waals surface area contributed by atoms with Gasteiger partial charge in [-0.3, -0.25) is 9.59 Å². The van der Waals surface area contributed by atoms with E-state index in [-0.39, 0.29) is 115 Å². The van der Waals surface area contributed by atoms with E-state index in [4.69, 9.17) is 9.47 Å². The molecule has 0 N–H and O–H groups in total. The third kappa shape index (κ3) is 1.65. The first kappa shape index (κ1) is 16.4. The van der Waals surface area contributed by atoms with Crippen LogP contribution in [0.3, 0.4) is 0 Å². The molecule has 0 aromatic heterocycles. The Balaban J connectivity index is 0.000000640. The van der Waals surface area contributed by atoms with Crippen molar-refractivity contribution in [2.75, 3.05) is 0 Å². The zero-order valence-corrected chi connectivity index (χ0v) is 16.4. The van der Waals surface area contributed by atoms with Crippen molar-refractivity contribution in [3.05, 3.63) is 0 Å². The van der Waals surface area contributed by atoms with Gasteiger partial charge in [-0.15, -0.1) is 0 Å². The van der Waals surface area contributed by atoms with E-state index in [1.54, 1.807) is 13.8 Å². The van der Waals surface area contributed by atoms with Gasteiger partial charge in [0.1, 0.15) is 10.8 Å². The Hall–Kier alpha value is 2.37. The molecule has 76 valence electrons. The van der Waals surface area contributed by atoms with E-state index in [2.05, 4.69) is 0 Å². The van der Waals surface area contributed by atoms with Gasteiger partial charge >= 0.3 is 115 Å². The average Bonchev–Trinajstić information content (AvgIpc) is 2.73. The molecule has 3 rings (SSSR count). The zero-order chi connectivity index (χ0) is 10.1. The van der Waals surface area contributed by atoms with Gasteiger partial charge in [-0.2, -0.15) is 0 Å². The molecule has 3 aliphatic rings. The summed E-state index contributed by atoms with van der Waals surface area (Å²) < 4.78 is 10.4. The first-order chi connectivity index (χ1) is 6.51. The Bertz CT molecular complexity index is 327. The summed E-state index contributed by atoms with van der Waals surface area (Å²) in [6.45, 7) is 3.59. The molecule has 6 heteroatoms. The van der Waals surface area contributed by atoms with Crippen LogP contribution < -0.4 is 103 Å². The number of fused-ring (bicyclic) bond motifs is 5. The van der Waals surface area contributed by atoms with Gasteiger partial charge in [-0.05, 0) is 26.7 Å². The second-order valence-corrected chi connectivity index (χ2v) is 4.77. The fourth-order valence-electron chi connectivity index (χ4n) is 3.14. The van der Waals surface area contributed by atoms with Crippen LogP contribution in [0.2, 0.25) is 0 Å². The second kappa shape index (κ2) is 5.05. The summed E-state index contributed by atoms with van der Waals surface area (Å²) >= 11 is 0. The molecule has 0 radical (unpaired) electrons. The molecule has 3 fully saturated rings. The number of carbonyl (C=O) groups is 2. The maximum absolute atomic E-state index is 11.7. The van der Waals surface area contributed by atoms with Crippen LogP contribution in [-0.4, -0.2) is 24.1 Å². The molecule has 16 heavy (non-hydrogen) atoms. The van der Waals surface area contributed by atoms with Crippen molar-refractivity contribution in [2.45, 2.75) is 38.9 Å². The van der Waals surface area contributed by atoms with E-state index in [0.717, 1.165) is 12.8 Å². The van der Waals surface area contributed by atoms with Crippen LogP contribution in [0.4, 0.5) is 0 Å². The summed E-state index contributed by atoms with van der Waals surface area (Å²) in [5.41, 5.74) is -1.49. The molecule has 3 heterocycles. The third-order valence-corrected chi connectivity index (χ3v) is 4.42. The summed E-state index contributed by atoms with van der Waals surface area (Å²) in [4.78, 5) is 23.3. The van der Waals surface area contributed by atoms with Crippen molar-refractivity contribution in [1.82, 2.24) is 0 Å². The van der Waals surface area contributed by atoms with Gasteiger partial charge in [0.15, 0.2) is 0 Å². The van der Waals surface area contributed by atoms with E-state index in [1.165, 1.54) is 0 Å². The average molecular weight is 274 g/mol. The Kier molecular flexibility index (Phi) is 5.18. The summed E-state index contributed by atoms with van der Waals surface area (Å²) in [6.07, 6.45) is 1.46. The van der Waals surface area contributed by atoms with Crippen molar-refractivity contribution in [3.8, 4) is 0 Å². The maximum atomic E-state index is 11.7. The van der Waals surface area contributed by atoms with E-state index in [1.807, 2.05) is 0 Å². The van der Waals surface area contributed by atoms with Gasteiger partial charge in [-0.1, -0.05) is 0 Å². The van der Waals surface area contributed by atoms with Gasteiger partial charge in [0, 0.05) is 0 Å². The molecule has 4 nitrogen and oxygen atoms in total. The summed E-state index contributed by atoms with van der Waals surface area (Å²) in [7, 11) is 0. The molecule has 2 bridgehead atoms. The molecule has 4 atom stereocenters. The molecule has 0 aliphatic carbocycles. The molecule has 0 aromatic rings. The number of hydrogen-bond donors (Lipinski definition) is 0. The quantitative estimate of drug-likeness (QED) is 0.251. The predicted octanol–water partition coefficient (Wildman–Crippen LogP) is -5.35. The number of ether oxygens (including phenoxy) is 2. The van der Waals surface area contributed by atoms with Gasteiger partial charge in [-0.25, -0.2) is 0 Å². The Morgan fingerprint density at radius 1 is 1.00 bits per heavy atom. The van der Waals surface area contributed by atoms with Gasteiger partial charge in [0.2, 0.25) is 0 Å². The topological polar surface area (TPSA) is 52.6 Å². The molecule has 0 spiro atoms. The normalized spacial score (nSPS) is 48.1. The molecule has 0 saturated carbocycles. The first-order valence-corrected chi connectivity index (χ1v) is 4.93. The number of esters is 2. The van der Waals surface area contributed by atoms with Crippen molar-refractivity contribution in [1.29, 1.82) is 0 Å². The minimum Gasteiger partial charge on any atom is -0.392 e. The largest absolute Gasteiger partial charge is 1.00 e. The number of cyclic esters (lactones) is 2. The van der Waals surface area contributed by atoms with Crippen molar-refractivity contribution in [2.24, 2.45) is 10.8 Å². The smallest absolute Gasteiger partial charge is 0.392 e. The standard InChI is InChI=1S/C10H12O4.2K/c1-9-5-3-4-6(13-5)10(9,2)8(12)14-7(9)11;;/h5-6H,3-4H2,1-2H3;;/q;2*+1/t5-,6+,9-,10+;;. The Morgan fingerprint density at radius 2 is 1.38 bits per heavy atom. The van der Waals surface area contributed by atoms with E-state index in [9.17, 15) is 9.59 Å². The van der Waals surface area contributed by atoms with Crippen LogP contribution in [0.25, 0.3) is 0 Å². The van der Waals surface area contributed by atoms with Crippen molar-refractivity contribution in [3.63, 3.8) is 0 Å². The number of hydrogen-bond acceptors (Lipinski definition) is 4. The number of carbonyl (C=O) groups excluding carboxylic acids is 2. The minimum atomic E-state index is -0.743.